The number of unbranched alkanes of at least 4 members (excludes halogenated alkanes) is 1. The molecular formula is C32H39N5O2S2. The predicted octanol–water partition coefficient (Wildman–Crippen LogP) is 5.74. The minimum atomic E-state index is -0.167. The zero-order valence-electron chi connectivity index (χ0n) is 24.2. The Hall–Kier alpha value is -3.01. The van der Waals surface area contributed by atoms with Gasteiger partial charge in [0.25, 0.3) is 11.5 Å². The Morgan fingerprint density at radius 2 is 1.80 bits per heavy atom. The molecule has 2 aliphatic heterocycles. The lowest BCUT2D eigenvalue weighted by Crippen LogP contribution is -2.47. The quantitative estimate of drug-likeness (QED) is 0.221. The van der Waals surface area contributed by atoms with Crippen LogP contribution in [0, 0.1) is 12.8 Å². The maximum absolute atomic E-state index is 13.9. The van der Waals surface area contributed by atoms with Gasteiger partial charge in [-0.05, 0) is 42.5 Å². The number of hydrogen-bond acceptors (Lipinski definition) is 7. The van der Waals surface area contributed by atoms with Gasteiger partial charge in [-0.15, -0.1) is 0 Å². The summed E-state index contributed by atoms with van der Waals surface area (Å²) >= 11 is 6.95. The van der Waals surface area contributed by atoms with Gasteiger partial charge < -0.3 is 4.90 Å². The van der Waals surface area contributed by atoms with Crippen LogP contribution in [-0.2, 0) is 11.3 Å². The number of piperazine rings is 1. The Bertz CT molecular complexity index is 1500. The molecule has 2 aliphatic rings. The van der Waals surface area contributed by atoms with E-state index >= 15 is 0 Å². The first-order chi connectivity index (χ1) is 19.9. The third-order valence-corrected chi connectivity index (χ3v) is 9.50. The number of carbonyl (C=O) groups excluding carboxylic acids is 1. The van der Waals surface area contributed by atoms with E-state index in [0.29, 0.717) is 38.7 Å². The SMILES string of the molecule is CCCCC(CC)CN1C(=O)C(=Cc2c(N3CCN(Cc4ccccc4)CC3)nc3c(C)cccn3c2=O)SC1=S. The van der Waals surface area contributed by atoms with Gasteiger partial charge in [0.1, 0.15) is 15.8 Å². The number of benzene rings is 1. The Morgan fingerprint density at radius 3 is 2.51 bits per heavy atom. The van der Waals surface area contributed by atoms with Crippen molar-refractivity contribution >= 4 is 51.7 Å². The van der Waals surface area contributed by atoms with Gasteiger partial charge >= 0.3 is 0 Å². The third kappa shape index (κ3) is 6.58. The highest BCUT2D eigenvalue weighted by Crippen LogP contribution is 2.35. The summed E-state index contributed by atoms with van der Waals surface area (Å²) in [5.74, 6) is 0.945. The monoisotopic (exact) mass is 589 g/mol. The van der Waals surface area contributed by atoms with Gasteiger partial charge in [-0.1, -0.05) is 93.5 Å². The molecule has 0 saturated carbocycles. The number of thiocarbonyl (C=S) groups is 1. The van der Waals surface area contributed by atoms with Crippen molar-refractivity contribution in [1.82, 2.24) is 19.2 Å². The molecule has 1 amide bonds. The second-order valence-corrected chi connectivity index (χ2v) is 12.7. The summed E-state index contributed by atoms with van der Waals surface area (Å²) in [7, 11) is 0. The molecule has 5 rings (SSSR count). The average Bonchev–Trinajstić information content (AvgIpc) is 3.25. The van der Waals surface area contributed by atoms with Crippen molar-refractivity contribution in [3.8, 4) is 0 Å². The van der Waals surface area contributed by atoms with E-state index in [9.17, 15) is 9.59 Å². The number of hydrogen-bond donors (Lipinski definition) is 0. The Balaban J connectivity index is 1.44. The molecule has 0 aliphatic carbocycles. The first-order valence-electron chi connectivity index (χ1n) is 14.7. The molecule has 7 nitrogen and oxygen atoms in total. The van der Waals surface area contributed by atoms with Crippen LogP contribution in [0.3, 0.4) is 0 Å². The first-order valence-corrected chi connectivity index (χ1v) is 15.9. The maximum atomic E-state index is 13.9. The maximum Gasteiger partial charge on any atom is 0.267 e. The molecule has 0 radical (unpaired) electrons. The molecule has 0 bridgehead atoms. The molecule has 1 atom stereocenters. The van der Waals surface area contributed by atoms with E-state index in [0.717, 1.165) is 64.0 Å². The molecule has 4 heterocycles. The van der Waals surface area contributed by atoms with Crippen LogP contribution in [0.1, 0.15) is 56.2 Å². The summed E-state index contributed by atoms with van der Waals surface area (Å²) in [6, 6.07) is 14.3. The molecule has 1 aromatic carbocycles. The van der Waals surface area contributed by atoms with Gasteiger partial charge in [-0.2, -0.15) is 0 Å². The minimum Gasteiger partial charge on any atom is -0.353 e. The van der Waals surface area contributed by atoms with E-state index in [4.69, 9.17) is 17.2 Å². The van der Waals surface area contributed by atoms with Crippen LogP contribution in [0.25, 0.3) is 11.7 Å². The van der Waals surface area contributed by atoms with Gasteiger partial charge in [0, 0.05) is 45.5 Å². The summed E-state index contributed by atoms with van der Waals surface area (Å²) in [4.78, 5) is 39.4. The average molecular weight is 590 g/mol. The number of aromatic nitrogens is 2. The van der Waals surface area contributed by atoms with E-state index in [1.165, 1.54) is 17.3 Å². The van der Waals surface area contributed by atoms with E-state index in [1.807, 2.05) is 25.1 Å². The fourth-order valence-electron chi connectivity index (χ4n) is 5.59. The van der Waals surface area contributed by atoms with Gasteiger partial charge in [-0.3, -0.25) is 23.8 Å². The van der Waals surface area contributed by atoms with Crippen molar-refractivity contribution in [3.05, 3.63) is 80.6 Å². The second-order valence-electron chi connectivity index (χ2n) is 11.0. The molecule has 41 heavy (non-hydrogen) atoms. The molecule has 2 fully saturated rings. The van der Waals surface area contributed by atoms with Crippen molar-refractivity contribution in [2.45, 2.75) is 53.0 Å². The van der Waals surface area contributed by atoms with Crippen LogP contribution in [0.2, 0.25) is 0 Å². The smallest absolute Gasteiger partial charge is 0.267 e. The van der Waals surface area contributed by atoms with E-state index in [2.05, 4.69) is 47.9 Å². The summed E-state index contributed by atoms with van der Waals surface area (Å²) in [5.41, 5.74) is 3.15. The second kappa shape index (κ2) is 13.3. The van der Waals surface area contributed by atoms with Gasteiger partial charge in [0.2, 0.25) is 0 Å². The predicted molar refractivity (Wildman–Crippen MR) is 173 cm³/mol. The van der Waals surface area contributed by atoms with E-state index in [1.54, 1.807) is 21.6 Å². The molecule has 216 valence electrons. The standard InChI is InChI=1S/C32H39N5O2S2/c1-4-6-12-24(5-2)22-37-31(39)27(41-32(37)40)20-26-29(33-28-23(3)11-10-15-36(28)30(26)38)35-18-16-34(17-19-35)21-25-13-8-7-9-14-25/h7-11,13-15,20,24H,4-6,12,16-19,21-22H2,1-3H3. The fourth-order valence-corrected chi connectivity index (χ4v) is 6.85. The number of rotatable bonds is 10. The number of thioether (sulfide) groups is 1. The number of aryl methyl sites for hydroxylation is 1. The Labute approximate surface area is 252 Å². The van der Waals surface area contributed by atoms with Gasteiger partial charge in [-0.25, -0.2) is 4.98 Å². The van der Waals surface area contributed by atoms with Crippen molar-refractivity contribution in [2.75, 3.05) is 37.6 Å². The third-order valence-electron chi connectivity index (χ3n) is 8.12. The largest absolute Gasteiger partial charge is 0.353 e. The summed E-state index contributed by atoms with van der Waals surface area (Å²) < 4.78 is 2.16. The zero-order chi connectivity index (χ0) is 28.9. The molecule has 9 heteroatoms. The van der Waals surface area contributed by atoms with Crippen LogP contribution < -0.4 is 10.5 Å². The minimum absolute atomic E-state index is 0.109. The lowest BCUT2D eigenvalue weighted by Gasteiger charge is -2.36. The van der Waals surface area contributed by atoms with Crippen LogP contribution in [-0.4, -0.2) is 62.1 Å². The molecule has 3 aromatic rings. The van der Waals surface area contributed by atoms with Gasteiger partial charge in [0.15, 0.2) is 0 Å². The number of pyridine rings is 1. The summed E-state index contributed by atoms with van der Waals surface area (Å²) in [5, 5.41) is 0. The topological polar surface area (TPSA) is 61.2 Å². The highest BCUT2D eigenvalue weighted by molar-refractivity contribution is 8.26. The highest BCUT2D eigenvalue weighted by Gasteiger charge is 2.34. The van der Waals surface area contributed by atoms with E-state index < -0.39 is 0 Å². The first kappa shape index (κ1) is 29.5. The van der Waals surface area contributed by atoms with Gasteiger partial charge in [0.05, 0.1) is 10.5 Å². The lowest BCUT2D eigenvalue weighted by atomic mass is 9.99. The highest BCUT2D eigenvalue weighted by atomic mass is 32.2. The summed E-state index contributed by atoms with van der Waals surface area (Å²) in [6.45, 7) is 11.1. The number of anilines is 1. The molecule has 2 aromatic heterocycles. The van der Waals surface area contributed by atoms with Crippen LogP contribution >= 0.6 is 24.0 Å². The molecule has 0 N–H and O–H groups in total. The van der Waals surface area contributed by atoms with E-state index in [-0.39, 0.29) is 11.5 Å². The zero-order valence-corrected chi connectivity index (χ0v) is 25.8. The number of carbonyl (C=O) groups is 1. The van der Waals surface area contributed by atoms with Crippen molar-refractivity contribution in [3.63, 3.8) is 0 Å². The Kier molecular flexibility index (Phi) is 9.57. The van der Waals surface area contributed by atoms with Crippen molar-refractivity contribution < 1.29 is 4.79 Å². The molecule has 2 saturated heterocycles. The molecular weight excluding hydrogens is 551 g/mol. The van der Waals surface area contributed by atoms with Crippen molar-refractivity contribution in [1.29, 1.82) is 0 Å². The van der Waals surface area contributed by atoms with Crippen LogP contribution in [0.4, 0.5) is 5.82 Å². The molecule has 0 spiro atoms. The summed E-state index contributed by atoms with van der Waals surface area (Å²) in [6.07, 6.45) is 7.86. The lowest BCUT2D eigenvalue weighted by molar-refractivity contribution is -0.122. The number of fused-ring (bicyclic) bond motifs is 1. The normalized spacial score (nSPS) is 18.2. The fraction of sp³-hybridized carbons (Fsp3) is 0.438. The number of amides is 1. The van der Waals surface area contributed by atoms with Crippen LogP contribution in [0.5, 0.6) is 0 Å². The Morgan fingerprint density at radius 1 is 1.05 bits per heavy atom. The van der Waals surface area contributed by atoms with Crippen molar-refractivity contribution in [2.24, 2.45) is 5.92 Å². The number of nitrogens with zero attached hydrogens (tertiary/aromatic N) is 5. The van der Waals surface area contributed by atoms with Crippen LogP contribution in [0.15, 0.2) is 58.4 Å². The molecule has 1 unspecified atom stereocenters.